The smallest absolute Gasteiger partial charge is 0.319 e. The molecule has 2 N–H and O–H groups in total. The Balaban J connectivity index is 1.35. The third kappa shape index (κ3) is 3.72. The van der Waals surface area contributed by atoms with Crippen molar-refractivity contribution in [3.8, 4) is 11.8 Å². The lowest BCUT2D eigenvalue weighted by Crippen LogP contribution is -2.45. The number of hydrogen-bond donors (Lipinski definition) is 2. The van der Waals surface area contributed by atoms with E-state index in [2.05, 4.69) is 22.5 Å². The van der Waals surface area contributed by atoms with Gasteiger partial charge in [0.25, 0.3) is 0 Å². The van der Waals surface area contributed by atoms with Crippen LogP contribution in [0.25, 0.3) is 0 Å². The van der Waals surface area contributed by atoms with Gasteiger partial charge >= 0.3 is 6.03 Å². The molecule has 2 aliphatic heterocycles. The normalized spacial score (nSPS) is 26.5. The fourth-order valence-electron chi connectivity index (χ4n) is 3.30. The highest BCUT2D eigenvalue weighted by atomic mass is 16.6. The number of nitrogens with one attached hydrogen (secondary N) is 2. The van der Waals surface area contributed by atoms with Crippen molar-refractivity contribution in [2.24, 2.45) is 5.92 Å². The van der Waals surface area contributed by atoms with Gasteiger partial charge in [-0.3, -0.25) is 0 Å². The zero-order valence-corrected chi connectivity index (χ0v) is 14.2. The lowest BCUT2D eigenvalue weighted by atomic mass is 10.0. The van der Waals surface area contributed by atoms with E-state index in [9.17, 15) is 4.79 Å². The van der Waals surface area contributed by atoms with Gasteiger partial charge in [-0.2, -0.15) is 0 Å². The van der Waals surface area contributed by atoms with Crippen LogP contribution in [0.2, 0.25) is 0 Å². The Bertz CT molecular complexity index is 813. The molecule has 4 atom stereocenters. The summed E-state index contributed by atoms with van der Waals surface area (Å²) in [6.07, 6.45) is -0.264. The van der Waals surface area contributed by atoms with E-state index in [-0.39, 0.29) is 30.2 Å². The van der Waals surface area contributed by atoms with Crippen molar-refractivity contribution < 1.29 is 14.3 Å². The van der Waals surface area contributed by atoms with E-state index in [0.717, 1.165) is 11.3 Å². The van der Waals surface area contributed by atoms with Gasteiger partial charge in [-0.05, 0) is 24.3 Å². The number of carbonyl (C=O) groups is 1. The number of hydrogen-bond acceptors (Lipinski definition) is 3. The highest BCUT2D eigenvalue weighted by molar-refractivity contribution is 5.89. The molecule has 2 fully saturated rings. The third-order valence-electron chi connectivity index (χ3n) is 4.58. The van der Waals surface area contributed by atoms with Gasteiger partial charge in [0.15, 0.2) is 0 Å². The molecule has 0 bridgehead atoms. The van der Waals surface area contributed by atoms with Crippen LogP contribution >= 0.6 is 0 Å². The average Bonchev–Trinajstić information content (AvgIpc) is 3.25. The molecule has 0 radical (unpaired) electrons. The Kier molecular flexibility index (Phi) is 4.87. The van der Waals surface area contributed by atoms with Crippen LogP contribution in [0.5, 0.6) is 0 Å². The van der Waals surface area contributed by atoms with Gasteiger partial charge in [0, 0.05) is 11.3 Å². The fraction of sp³-hybridized carbons (Fsp3) is 0.286. The van der Waals surface area contributed by atoms with Crippen LogP contribution in [0, 0.1) is 17.8 Å². The number of carbonyl (C=O) groups excluding carboxylic acids is 1. The van der Waals surface area contributed by atoms with E-state index < -0.39 is 0 Å². The molecule has 5 nitrogen and oxygen atoms in total. The van der Waals surface area contributed by atoms with Crippen LogP contribution in [-0.2, 0) is 9.47 Å². The van der Waals surface area contributed by atoms with Crippen molar-refractivity contribution in [3.05, 3.63) is 66.2 Å². The van der Waals surface area contributed by atoms with Crippen LogP contribution in [0.4, 0.5) is 10.5 Å². The summed E-state index contributed by atoms with van der Waals surface area (Å²) in [6, 6.07) is 18.8. The van der Waals surface area contributed by atoms with E-state index >= 15 is 0 Å². The number of fused-ring (bicyclic) bond motifs is 1. The van der Waals surface area contributed by atoms with Crippen LogP contribution in [0.15, 0.2) is 60.7 Å². The number of anilines is 1. The van der Waals surface area contributed by atoms with Crippen molar-refractivity contribution in [1.82, 2.24) is 5.32 Å². The first-order valence-electron chi connectivity index (χ1n) is 8.72. The van der Waals surface area contributed by atoms with E-state index in [0.29, 0.717) is 13.2 Å². The molecule has 2 saturated heterocycles. The van der Waals surface area contributed by atoms with Crippen molar-refractivity contribution in [3.63, 3.8) is 0 Å². The molecule has 5 heteroatoms. The Hall–Kier alpha value is -2.81. The van der Waals surface area contributed by atoms with E-state index in [4.69, 9.17) is 9.47 Å². The number of ether oxygens (including phenoxy) is 2. The highest BCUT2D eigenvalue weighted by Gasteiger charge is 2.47. The minimum atomic E-state index is -0.257. The molecule has 2 aromatic rings. The van der Waals surface area contributed by atoms with Gasteiger partial charge in [-0.1, -0.05) is 48.2 Å². The zero-order valence-electron chi connectivity index (χ0n) is 14.2. The first-order valence-corrected chi connectivity index (χ1v) is 8.72. The molecule has 132 valence electrons. The standard InChI is InChI=1S/C21H20N2O3/c24-21(22-17-9-5-2-6-10-17)23-18-14-26-19-16(13-25-20(18)19)12-11-15-7-3-1-4-8-15/h1-10,16,18-20H,13-14H2,(H2,22,23,24)/t16-,18+,19?,20?/m1/s1. The minimum absolute atomic E-state index is 0.0178. The summed E-state index contributed by atoms with van der Waals surface area (Å²) in [5.74, 6) is 6.45. The largest absolute Gasteiger partial charge is 0.372 e. The van der Waals surface area contributed by atoms with Gasteiger partial charge in [0.2, 0.25) is 0 Å². The number of para-hydroxylation sites is 1. The molecule has 4 rings (SSSR count). The van der Waals surface area contributed by atoms with Crippen molar-refractivity contribution in [2.45, 2.75) is 18.2 Å². The predicted octanol–water partition coefficient (Wildman–Crippen LogP) is 2.64. The molecule has 26 heavy (non-hydrogen) atoms. The lowest BCUT2D eigenvalue weighted by molar-refractivity contribution is 0.0666. The van der Waals surface area contributed by atoms with Crippen LogP contribution < -0.4 is 10.6 Å². The number of amides is 2. The zero-order chi connectivity index (χ0) is 17.8. The van der Waals surface area contributed by atoms with Gasteiger partial charge < -0.3 is 20.1 Å². The summed E-state index contributed by atoms with van der Waals surface area (Å²) in [6.45, 7) is 0.953. The molecule has 0 aliphatic carbocycles. The topological polar surface area (TPSA) is 59.6 Å². The second-order valence-corrected chi connectivity index (χ2v) is 6.41. The second-order valence-electron chi connectivity index (χ2n) is 6.41. The molecule has 0 aromatic heterocycles. The van der Waals surface area contributed by atoms with Crippen molar-refractivity contribution in [1.29, 1.82) is 0 Å². The summed E-state index contributed by atoms with van der Waals surface area (Å²) in [4.78, 5) is 12.2. The molecule has 2 aliphatic rings. The number of benzene rings is 2. The fourth-order valence-corrected chi connectivity index (χ4v) is 3.30. The lowest BCUT2D eigenvalue weighted by Gasteiger charge is -2.17. The molecule has 0 saturated carbocycles. The molecule has 2 heterocycles. The molecule has 2 amide bonds. The summed E-state index contributed by atoms with van der Waals surface area (Å²) >= 11 is 0. The quantitative estimate of drug-likeness (QED) is 0.821. The van der Waals surface area contributed by atoms with Gasteiger partial charge in [0.05, 0.1) is 25.2 Å². The second kappa shape index (κ2) is 7.61. The van der Waals surface area contributed by atoms with Crippen molar-refractivity contribution in [2.75, 3.05) is 18.5 Å². The maximum Gasteiger partial charge on any atom is 0.319 e. The van der Waals surface area contributed by atoms with E-state index in [1.165, 1.54) is 0 Å². The van der Waals surface area contributed by atoms with E-state index in [1.807, 2.05) is 60.7 Å². The Labute approximate surface area is 152 Å². The molecular formula is C21H20N2O3. The SMILES string of the molecule is O=C(Nc1ccccc1)N[C@H]1COC2C1OC[C@H]2C#Cc1ccccc1. The van der Waals surface area contributed by atoms with Gasteiger partial charge in [-0.15, -0.1) is 0 Å². The van der Waals surface area contributed by atoms with Gasteiger partial charge in [-0.25, -0.2) is 4.79 Å². The minimum Gasteiger partial charge on any atom is -0.372 e. The summed E-state index contributed by atoms with van der Waals surface area (Å²) < 4.78 is 11.7. The average molecular weight is 348 g/mol. The van der Waals surface area contributed by atoms with Crippen LogP contribution in [0.1, 0.15) is 5.56 Å². The molecular weight excluding hydrogens is 328 g/mol. The van der Waals surface area contributed by atoms with Gasteiger partial charge in [0.1, 0.15) is 12.2 Å². The first kappa shape index (κ1) is 16.6. The van der Waals surface area contributed by atoms with Crippen LogP contribution in [0.3, 0.4) is 0 Å². The predicted molar refractivity (Wildman–Crippen MR) is 98.7 cm³/mol. The summed E-state index contributed by atoms with van der Waals surface area (Å²) in [7, 11) is 0. The maximum absolute atomic E-state index is 12.2. The summed E-state index contributed by atoms with van der Waals surface area (Å²) in [5.41, 5.74) is 1.73. The maximum atomic E-state index is 12.2. The monoisotopic (exact) mass is 348 g/mol. The van der Waals surface area contributed by atoms with E-state index in [1.54, 1.807) is 0 Å². The number of urea groups is 1. The van der Waals surface area contributed by atoms with Crippen LogP contribution in [-0.4, -0.2) is 37.5 Å². The third-order valence-corrected chi connectivity index (χ3v) is 4.58. The Morgan fingerprint density at radius 2 is 1.62 bits per heavy atom. The first-order chi connectivity index (χ1) is 12.8. The molecule has 0 spiro atoms. The Morgan fingerprint density at radius 3 is 2.38 bits per heavy atom. The Morgan fingerprint density at radius 1 is 0.923 bits per heavy atom. The highest BCUT2D eigenvalue weighted by Crippen LogP contribution is 2.31. The number of rotatable bonds is 2. The summed E-state index contributed by atoms with van der Waals surface area (Å²) in [5, 5.41) is 5.76. The molecule has 2 unspecified atom stereocenters. The molecule has 2 aromatic carbocycles. The van der Waals surface area contributed by atoms with Crippen molar-refractivity contribution >= 4 is 11.7 Å².